The molecule has 116 valence electrons. The number of aliphatic hydroxyl groups is 1. The number of piperidine rings is 1. The van der Waals surface area contributed by atoms with Crippen molar-refractivity contribution < 1.29 is 18.7 Å². The maximum absolute atomic E-state index is 13.6. The van der Waals surface area contributed by atoms with E-state index in [1.165, 1.54) is 0 Å². The fourth-order valence-corrected chi connectivity index (χ4v) is 2.77. The lowest BCUT2D eigenvalue weighted by Gasteiger charge is -2.32. The number of likely N-dealkylation sites (tertiary alicyclic amines) is 1. The van der Waals surface area contributed by atoms with Crippen LogP contribution in [-0.2, 0) is 4.79 Å². The number of amides is 1. The summed E-state index contributed by atoms with van der Waals surface area (Å²) in [6.45, 7) is 1.68. The van der Waals surface area contributed by atoms with E-state index in [4.69, 9.17) is 5.73 Å². The Labute approximate surface area is 122 Å². The summed E-state index contributed by atoms with van der Waals surface area (Å²) in [7, 11) is 0. The number of nitrogens with two attached hydrogens (primary N) is 1. The van der Waals surface area contributed by atoms with Gasteiger partial charge in [-0.15, -0.1) is 0 Å². The fraction of sp³-hybridized carbons (Fsp3) is 0.533. The molecule has 1 aliphatic heterocycles. The Kier molecular flexibility index (Phi) is 5.25. The summed E-state index contributed by atoms with van der Waals surface area (Å²) < 4.78 is 26.7. The number of halogens is 2. The molecular weight excluding hydrogens is 278 g/mol. The molecule has 0 radical (unpaired) electrons. The van der Waals surface area contributed by atoms with Crippen molar-refractivity contribution in [3.63, 3.8) is 0 Å². The van der Waals surface area contributed by atoms with E-state index in [2.05, 4.69) is 0 Å². The lowest BCUT2D eigenvalue weighted by atomic mass is 9.93. The Hall–Kier alpha value is -1.53. The van der Waals surface area contributed by atoms with Gasteiger partial charge in [0.05, 0.1) is 6.10 Å². The van der Waals surface area contributed by atoms with Gasteiger partial charge in [-0.3, -0.25) is 4.79 Å². The van der Waals surface area contributed by atoms with E-state index in [9.17, 15) is 18.7 Å². The number of carbonyl (C=O) groups excluding carboxylic acids is 1. The zero-order valence-electron chi connectivity index (χ0n) is 11.8. The second-order valence-corrected chi connectivity index (χ2v) is 5.60. The highest BCUT2D eigenvalue weighted by Crippen LogP contribution is 2.24. The summed E-state index contributed by atoms with van der Waals surface area (Å²) in [6.07, 6.45) is 0.964. The molecule has 0 saturated carbocycles. The van der Waals surface area contributed by atoms with Crippen molar-refractivity contribution >= 4 is 5.91 Å². The summed E-state index contributed by atoms with van der Waals surface area (Å²) in [5.74, 6) is -1.18. The number of hydrogen-bond donors (Lipinski definition) is 2. The zero-order valence-corrected chi connectivity index (χ0v) is 11.8. The summed E-state index contributed by atoms with van der Waals surface area (Å²) in [4.78, 5) is 12.9. The minimum absolute atomic E-state index is 0.0192. The molecule has 1 aromatic rings. The topological polar surface area (TPSA) is 66.6 Å². The highest BCUT2D eigenvalue weighted by Gasteiger charge is 2.23. The summed E-state index contributed by atoms with van der Waals surface area (Å²) in [6, 6.07) is 3.08. The Morgan fingerprint density at radius 1 is 1.38 bits per heavy atom. The molecule has 1 aromatic carbocycles. The smallest absolute Gasteiger partial charge is 0.217 e. The Morgan fingerprint density at radius 2 is 2.05 bits per heavy atom. The summed E-state index contributed by atoms with van der Waals surface area (Å²) in [5.41, 5.74) is 5.16. The van der Waals surface area contributed by atoms with Crippen LogP contribution in [0, 0.1) is 17.6 Å². The van der Waals surface area contributed by atoms with Crippen LogP contribution in [0.25, 0.3) is 0 Å². The lowest BCUT2D eigenvalue weighted by Crippen LogP contribution is -2.37. The van der Waals surface area contributed by atoms with Crippen molar-refractivity contribution in [1.29, 1.82) is 0 Å². The van der Waals surface area contributed by atoms with Gasteiger partial charge in [-0.1, -0.05) is 0 Å². The normalized spacial score (nSPS) is 18.6. The number of benzene rings is 1. The van der Waals surface area contributed by atoms with Crippen LogP contribution in [0.1, 0.15) is 30.9 Å². The minimum atomic E-state index is -1.06. The van der Waals surface area contributed by atoms with Crippen molar-refractivity contribution in [3.8, 4) is 0 Å². The second-order valence-electron chi connectivity index (χ2n) is 5.60. The van der Waals surface area contributed by atoms with E-state index in [1.807, 2.05) is 4.90 Å². The first kappa shape index (κ1) is 15.9. The van der Waals surface area contributed by atoms with Gasteiger partial charge in [0.15, 0.2) is 0 Å². The molecule has 1 unspecified atom stereocenters. The van der Waals surface area contributed by atoms with Gasteiger partial charge in [0.25, 0.3) is 0 Å². The molecule has 1 saturated heterocycles. The maximum atomic E-state index is 13.6. The van der Waals surface area contributed by atoms with Crippen LogP contribution in [0.15, 0.2) is 18.2 Å². The van der Waals surface area contributed by atoms with Gasteiger partial charge in [0.1, 0.15) is 11.6 Å². The zero-order chi connectivity index (χ0) is 15.4. The van der Waals surface area contributed by atoms with Gasteiger partial charge >= 0.3 is 0 Å². The number of aliphatic hydroxyl groups excluding tert-OH is 1. The number of primary amides is 1. The minimum Gasteiger partial charge on any atom is -0.387 e. The van der Waals surface area contributed by atoms with E-state index in [1.54, 1.807) is 0 Å². The highest BCUT2D eigenvalue weighted by molar-refractivity contribution is 5.73. The number of hydrogen-bond acceptors (Lipinski definition) is 3. The number of β-amino-alcohol motifs (C(OH)–C–C–N with tert-alkyl or cyclic N) is 1. The van der Waals surface area contributed by atoms with E-state index in [0.29, 0.717) is 19.5 Å². The van der Waals surface area contributed by atoms with Gasteiger partial charge in [-0.05, 0) is 50.0 Å². The molecule has 1 fully saturated rings. The van der Waals surface area contributed by atoms with E-state index in [0.717, 1.165) is 31.0 Å². The van der Waals surface area contributed by atoms with Crippen LogP contribution in [0.4, 0.5) is 8.78 Å². The van der Waals surface area contributed by atoms with Gasteiger partial charge < -0.3 is 15.7 Å². The predicted molar refractivity (Wildman–Crippen MR) is 74.3 cm³/mol. The number of rotatable bonds is 5. The van der Waals surface area contributed by atoms with Crippen LogP contribution in [0.5, 0.6) is 0 Å². The lowest BCUT2D eigenvalue weighted by molar-refractivity contribution is -0.119. The molecular formula is C15H20F2N2O2. The first-order chi connectivity index (χ1) is 9.95. The van der Waals surface area contributed by atoms with Crippen LogP contribution >= 0.6 is 0 Å². The van der Waals surface area contributed by atoms with Crippen LogP contribution in [0.2, 0.25) is 0 Å². The fourth-order valence-electron chi connectivity index (χ4n) is 2.77. The summed E-state index contributed by atoms with van der Waals surface area (Å²) in [5, 5.41) is 10.1. The largest absolute Gasteiger partial charge is 0.387 e. The molecule has 0 aromatic heterocycles. The second kappa shape index (κ2) is 6.95. The van der Waals surface area contributed by atoms with Crippen molar-refractivity contribution in [2.24, 2.45) is 11.7 Å². The molecule has 0 spiro atoms. The Bertz CT molecular complexity index is 502. The summed E-state index contributed by atoms with van der Waals surface area (Å²) >= 11 is 0. The molecule has 0 bridgehead atoms. The van der Waals surface area contributed by atoms with Crippen molar-refractivity contribution in [1.82, 2.24) is 4.90 Å². The number of carbonyl (C=O) groups is 1. The third kappa shape index (κ3) is 4.47. The van der Waals surface area contributed by atoms with Crippen molar-refractivity contribution in [3.05, 3.63) is 35.4 Å². The predicted octanol–water partition coefficient (Wildman–Crippen LogP) is 1.59. The van der Waals surface area contributed by atoms with Gasteiger partial charge in [-0.25, -0.2) is 8.78 Å². The van der Waals surface area contributed by atoms with Crippen LogP contribution in [0.3, 0.4) is 0 Å². The van der Waals surface area contributed by atoms with Crippen molar-refractivity contribution in [2.75, 3.05) is 19.6 Å². The third-order valence-electron chi connectivity index (χ3n) is 3.95. The molecule has 1 aliphatic rings. The highest BCUT2D eigenvalue weighted by atomic mass is 19.1. The van der Waals surface area contributed by atoms with Crippen LogP contribution < -0.4 is 5.73 Å². The molecule has 6 heteroatoms. The van der Waals surface area contributed by atoms with Gasteiger partial charge in [0.2, 0.25) is 5.91 Å². The molecule has 4 nitrogen and oxygen atoms in total. The Balaban J connectivity index is 1.88. The third-order valence-corrected chi connectivity index (χ3v) is 3.95. The average molecular weight is 298 g/mol. The molecule has 1 atom stereocenters. The molecule has 3 N–H and O–H groups in total. The quantitative estimate of drug-likeness (QED) is 0.867. The van der Waals surface area contributed by atoms with Crippen molar-refractivity contribution in [2.45, 2.75) is 25.4 Å². The maximum Gasteiger partial charge on any atom is 0.217 e. The Morgan fingerprint density at radius 3 is 2.67 bits per heavy atom. The first-order valence-corrected chi connectivity index (χ1v) is 7.09. The first-order valence-electron chi connectivity index (χ1n) is 7.09. The molecule has 21 heavy (non-hydrogen) atoms. The molecule has 0 aliphatic carbocycles. The monoisotopic (exact) mass is 298 g/mol. The van der Waals surface area contributed by atoms with Gasteiger partial charge in [-0.2, -0.15) is 0 Å². The molecule has 2 rings (SSSR count). The van der Waals surface area contributed by atoms with E-state index in [-0.39, 0.29) is 23.9 Å². The standard InChI is InChI=1S/C15H20F2N2O2/c16-11-1-2-13(17)12(8-11)14(20)9-19-5-3-10(4-6-19)7-15(18)21/h1-2,8,10,14,20H,3-7,9H2,(H2,18,21). The molecule has 1 heterocycles. The van der Waals surface area contributed by atoms with Crippen LogP contribution in [-0.4, -0.2) is 35.5 Å². The molecule has 1 amide bonds. The van der Waals surface area contributed by atoms with E-state index >= 15 is 0 Å². The van der Waals surface area contributed by atoms with E-state index < -0.39 is 17.7 Å². The average Bonchev–Trinajstić information content (AvgIpc) is 2.43. The SMILES string of the molecule is NC(=O)CC1CCN(CC(O)c2cc(F)ccc2F)CC1. The van der Waals surface area contributed by atoms with Gasteiger partial charge in [0, 0.05) is 18.5 Å². The number of nitrogens with zero attached hydrogens (tertiary/aromatic N) is 1.